The quantitative estimate of drug-likeness (QED) is 0.782. The molecule has 0 aliphatic heterocycles. The van der Waals surface area contributed by atoms with Crippen LogP contribution >= 0.6 is 0 Å². The molecule has 1 aromatic carbocycles. The van der Waals surface area contributed by atoms with E-state index in [9.17, 15) is 4.79 Å². The topological polar surface area (TPSA) is 32.3 Å². The van der Waals surface area contributed by atoms with E-state index in [-0.39, 0.29) is 5.91 Å². The molecule has 122 valence electrons. The van der Waals surface area contributed by atoms with Crippen LogP contribution in [0.3, 0.4) is 0 Å². The second-order valence-corrected chi connectivity index (χ2v) is 6.31. The first-order chi connectivity index (χ1) is 10.7. The monoisotopic (exact) mass is 302 g/mol. The summed E-state index contributed by atoms with van der Waals surface area (Å²) in [7, 11) is 0. The fourth-order valence-electron chi connectivity index (χ4n) is 3.38. The van der Waals surface area contributed by atoms with Gasteiger partial charge in [-0.2, -0.15) is 0 Å². The molecule has 0 atom stereocenters. The molecule has 0 spiro atoms. The van der Waals surface area contributed by atoms with Crippen molar-refractivity contribution in [2.45, 2.75) is 58.8 Å². The van der Waals surface area contributed by atoms with Gasteiger partial charge in [-0.3, -0.25) is 4.79 Å². The van der Waals surface area contributed by atoms with Crippen LogP contribution in [-0.4, -0.2) is 19.0 Å². The van der Waals surface area contributed by atoms with E-state index in [1.165, 1.54) is 37.8 Å². The van der Waals surface area contributed by atoms with Crippen molar-refractivity contribution in [3.63, 3.8) is 0 Å². The van der Waals surface area contributed by atoms with Crippen LogP contribution in [0.15, 0.2) is 24.3 Å². The zero-order valence-electron chi connectivity index (χ0n) is 14.1. The van der Waals surface area contributed by atoms with Crippen molar-refractivity contribution < 1.29 is 4.79 Å². The molecule has 0 unspecified atom stereocenters. The summed E-state index contributed by atoms with van der Waals surface area (Å²) in [5, 5.41) is 3.03. The van der Waals surface area contributed by atoms with Crippen LogP contribution < -0.4 is 10.2 Å². The molecule has 0 saturated heterocycles. The Kier molecular flexibility index (Phi) is 6.75. The van der Waals surface area contributed by atoms with Crippen LogP contribution in [0, 0.1) is 5.92 Å². The number of hydrogen-bond donors (Lipinski definition) is 1. The number of hydrogen-bond acceptors (Lipinski definition) is 2. The highest BCUT2D eigenvalue weighted by molar-refractivity contribution is 5.90. The van der Waals surface area contributed by atoms with Gasteiger partial charge in [0.1, 0.15) is 0 Å². The fraction of sp³-hybridized carbons (Fsp3) is 0.632. The van der Waals surface area contributed by atoms with E-state index in [4.69, 9.17) is 0 Å². The van der Waals surface area contributed by atoms with E-state index in [0.29, 0.717) is 6.42 Å². The first-order valence-corrected chi connectivity index (χ1v) is 8.87. The molecule has 1 fully saturated rings. The lowest BCUT2D eigenvalue weighted by molar-refractivity contribution is -0.116. The van der Waals surface area contributed by atoms with Gasteiger partial charge in [-0.1, -0.05) is 32.1 Å². The van der Waals surface area contributed by atoms with Gasteiger partial charge in [-0.05, 0) is 50.5 Å². The average Bonchev–Trinajstić information content (AvgIpc) is 2.56. The summed E-state index contributed by atoms with van der Waals surface area (Å²) in [6.45, 7) is 6.32. The molecule has 22 heavy (non-hydrogen) atoms. The zero-order valence-corrected chi connectivity index (χ0v) is 14.1. The lowest BCUT2D eigenvalue weighted by Gasteiger charge is -2.21. The van der Waals surface area contributed by atoms with E-state index in [0.717, 1.165) is 31.1 Å². The van der Waals surface area contributed by atoms with Crippen molar-refractivity contribution in [3.05, 3.63) is 24.3 Å². The van der Waals surface area contributed by atoms with Crippen LogP contribution in [0.25, 0.3) is 0 Å². The Morgan fingerprint density at radius 2 is 1.73 bits per heavy atom. The summed E-state index contributed by atoms with van der Waals surface area (Å²) in [5.41, 5.74) is 2.12. The van der Waals surface area contributed by atoms with Crippen LogP contribution in [0.5, 0.6) is 0 Å². The minimum atomic E-state index is 0.154. The lowest BCUT2D eigenvalue weighted by atomic mass is 9.86. The number of benzene rings is 1. The maximum atomic E-state index is 12.1. The second kappa shape index (κ2) is 8.82. The van der Waals surface area contributed by atoms with Crippen molar-refractivity contribution in [1.29, 1.82) is 0 Å². The molecule has 3 heteroatoms. The maximum absolute atomic E-state index is 12.1. The summed E-state index contributed by atoms with van der Waals surface area (Å²) >= 11 is 0. The average molecular weight is 302 g/mol. The predicted molar refractivity (Wildman–Crippen MR) is 94.4 cm³/mol. The first kappa shape index (κ1) is 16.9. The molecule has 0 bridgehead atoms. The molecular formula is C19H30N2O. The Hall–Kier alpha value is -1.51. The maximum Gasteiger partial charge on any atom is 0.224 e. The van der Waals surface area contributed by atoms with Gasteiger partial charge in [-0.15, -0.1) is 0 Å². The van der Waals surface area contributed by atoms with Gasteiger partial charge in [0.15, 0.2) is 0 Å². The minimum Gasteiger partial charge on any atom is -0.372 e. The summed E-state index contributed by atoms with van der Waals surface area (Å²) in [4.78, 5) is 14.4. The Balaban J connectivity index is 1.78. The molecule has 3 nitrogen and oxygen atoms in total. The molecule has 2 rings (SSSR count). The Labute approximate surface area is 135 Å². The number of nitrogens with zero attached hydrogens (tertiary/aromatic N) is 1. The van der Waals surface area contributed by atoms with Gasteiger partial charge in [0.05, 0.1) is 0 Å². The number of carbonyl (C=O) groups excluding carboxylic acids is 1. The highest BCUT2D eigenvalue weighted by Crippen LogP contribution is 2.27. The highest BCUT2D eigenvalue weighted by Gasteiger charge is 2.14. The molecule has 0 aromatic heterocycles. The molecule has 1 aliphatic carbocycles. The number of carbonyl (C=O) groups is 1. The zero-order chi connectivity index (χ0) is 15.8. The Morgan fingerprint density at radius 3 is 2.32 bits per heavy atom. The summed E-state index contributed by atoms with van der Waals surface area (Å²) < 4.78 is 0. The van der Waals surface area contributed by atoms with Gasteiger partial charge >= 0.3 is 0 Å². The van der Waals surface area contributed by atoms with E-state index < -0.39 is 0 Å². The summed E-state index contributed by atoms with van der Waals surface area (Å²) in [5.74, 6) is 0.922. The first-order valence-electron chi connectivity index (χ1n) is 8.87. The number of amides is 1. The minimum absolute atomic E-state index is 0.154. The van der Waals surface area contributed by atoms with Crippen molar-refractivity contribution in [3.8, 4) is 0 Å². The number of nitrogens with one attached hydrogen (secondary N) is 1. The molecular weight excluding hydrogens is 272 g/mol. The van der Waals surface area contributed by atoms with Crippen molar-refractivity contribution >= 4 is 17.3 Å². The fourth-order valence-corrected chi connectivity index (χ4v) is 3.38. The largest absolute Gasteiger partial charge is 0.372 e. The lowest BCUT2D eigenvalue weighted by Crippen LogP contribution is -2.21. The predicted octanol–water partition coefficient (Wildman–Crippen LogP) is 4.83. The van der Waals surface area contributed by atoms with Gasteiger partial charge in [0.2, 0.25) is 5.91 Å². The molecule has 0 heterocycles. The second-order valence-electron chi connectivity index (χ2n) is 6.31. The molecule has 1 aromatic rings. The smallest absolute Gasteiger partial charge is 0.224 e. The molecule has 0 radical (unpaired) electrons. The highest BCUT2D eigenvalue weighted by atomic mass is 16.1. The van der Waals surface area contributed by atoms with Crippen molar-refractivity contribution in [1.82, 2.24) is 0 Å². The van der Waals surface area contributed by atoms with Crippen molar-refractivity contribution in [2.24, 2.45) is 5.92 Å². The van der Waals surface area contributed by atoms with Crippen LogP contribution in [-0.2, 0) is 4.79 Å². The van der Waals surface area contributed by atoms with Crippen molar-refractivity contribution in [2.75, 3.05) is 23.3 Å². The van der Waals surface area contributed by atoms with E-state index in [1.54, 1.807) is 0 Å². The Morgan fingerprint density at radius 1 is 1.09 bits per heavy atom. The number of anilines is 2. The van der Waals surface area contributed by atoms with E-state index in [2.05, 4.69) is 36.2 Å². The van der Waals surface area contributed by atoms with Gasteiger partial charge in [-0.25, -0.2) is 0 Å². The number of rotatable bonds is 7. The van der Waals surface area contributed by atoms with Crippen LogP contribution in [0.1, 0.15) is 58.8 Å². The van der Waals surface area contributed by atoms with Gasteiger partial charge in [0.25, 0.3) is 0 Å². The third kappa shape index (κ3) is 5.04. The van der Waals surface area contributed by atoms with Crippen LogP contribution in [0.2, 0.25) is 0 Å². The third-order valence-corrected chi connectivity index (χ3v) is 4.78. The Bertz CT molecular complexity index is 445. The molecule has 1 amide bonds. The molecule has 1 N–H and O–H groups in total. The molecule has 1 saturated carbocycles. The van der Waals surface area contributed by atoms with Gasteiger partial charge < -0.3 is 10.2 Å². The SMILES string of the molecule is CCN(CC)c1ccc(NC(=O)CCC2CCCCC2)cc1. The summed E-state index contributed by atoms with van der Waals surface area (Å²) in [6, 6.07) is 8.19. The normalized spacial score (nSPS) is 15.5. The van der Waals surface area contributed by atoms with E-state index in [1.807, 2.05) is 12.1 Å². The molecule has 1 aliphatic rings. The summed E-state index contributed by atoms with van der Waals surface area (Å²) in [6.07, 6.45) is 8.39. The standard InChI is InChI=1S/C19H30N2O/c1-3-21(4-2)18-13-11-17(12-14-18)20-19(22)15-10-16-8-6-5-7-9-16/h11-14,16H,3-10,15H2,1-2H3,(H,20,22). The van der Waals surface area contributed by atoms with Crippen LogP contribution in [0.4, 0.5) is 11.4 Å². The third-order valence-electron chi connectivity index (χ3n) is 4.78. The van der Waals surface area contributed by atoms with Gasteiger partial charge in [0, 0.05) is 30.9 Å². The van der Waals surface area contributed by atoms with E-state index >= 15 is 0 Å².